The van der Waals surface area contributed by atoms with Crippen LogP contribution in [0, 0.1) is 0 Å². The van der Waals surface area contributed by atoms with Gasteiger partial charge in [0.05, 0.1) is 11.1 Å². The zero-order valence-electron chi connectivity index (χ0n) is 17.1. The molecule has 3 aromatic carbocycles. The molecular formula is C25H23N3O2. The maximum atomic E-state index is 13.3. The van der Waals surface area contributed by atoms with Crippen LogP contribution >= 0.6 is 0 Å². The van der Waals surface area contributed by atoms with Crippen molar-refractivity contribution in [3.8, 4) is 5.69 Å². The zero-order chi connectivity index (χ0) is 21.1. The van der Waals surface area contributed by atoms with Crippen molar-refractivity contribution < 1.29 is 4.79 Å². The Balaban J connectivity index is 1.76. The molecule has 5 nitrogen and oxygen atoms in total. The number of aryl methyl sites for hydroxylation is 1. The highest BCUT2D eigenvalue weighted by atomic mass is 16.2. The molecule has 5 heteroatoms. The SMILES string of the molecule is CCc1ccc(CN(C)C(=O)c2nn(-c3ccccc3)c(=O)c3ccccc23)cc1. The molecule has 150 valence electrons. The largest absolute Gasteiger partial charge is 0.336 e. The van der Waals surface area contributed by atoms with Gasteiger partial charge in [0.2, 0.25) is 0 Å². The lowest BCUT2D eigenvalue weighted by molar-refractivity contribution is 0.0779. The van der Waals surface area contributed by atoms with Gasteiger partial charge in [-0.25, -0.2) is 0 Å². The number of carbonyl (C=O) groups excluding carboxylic acids is 1. The predicted molar refractivity (Wildman–Crippen MR) is 119 cm³/mol. The quantitative estimate of drug-likeness (QED) is 0.507. The summed E-state index contributed by atoms with van der Waals surface area (Å²) in [6.07, 6.45) is 0.978. The van der Waals surface area contributed by atoms with Crippen LogP contribution in [0.3, 0.4) is 0 Å². The van der Waals surface area contributed by atoms with Crippen molar-refractivity contribution in [1.29, 1.82) is 0 Å². The summed E-state index contributed by atoms with van der Waals surface area (Å²) in [5.74, 6) is -0.226. The van der Waals surface area contributed by atoms with E-state index in [1.165, 1.54) is 10.2 Å². The number of para-hydroxylation sites is 1. The average molecular weight is 397 g/mol. The Bertz CT molecular complexity index is 1250. The number of amides is 1. The molecule has 0 saturated carbocycles. The van der Waals surface area contributed by atoms with Crippen molar-refractivity contribution in [2.45, 2.75) is 19.9 Å². The van der Waals surface area contributed by atoms with Gasteiger partial charge in [-0.05, 0) is 35.7 Å². The fourth-order valence-electron chi connectivity index (χ4n) is 3.50. The van der Waals surface area contributed by atoms with Gasteiger partial charge in [-0.2, -0.15) is 9.78 Å². The van der Waals surface area contributed by atoms with Gasteiger partial charge in [-0.1, -0.05) is 67.6 Å². The Morgan fingerprint density at radius 2 is 1.47 bits per heavy atom. The lowest BCUT2D eigenvalue weighted by Gasteiger charge is -2.19. The molecule has 0 atom stereocenters. The molecule has 0 N–H and O–H groups in total. The number of fused-ring (bicyclic) bond motifs is 1. The van der Waals surface area contributed by atoms with Crippen molar-refractivity contribution in [2.75, 3.05) is 7.05 Å². The number of nitrogens with zero attached hydrogens (tertiary/aromatic N) is 3. The van der Waals surface area contributed by atoms with Gasteiger partial charge in [0.15, 0.2) is 5.69 Å². The third-order valence-corrected chi connectivity index (χ3v) is 5.21. The van der Waals surface area contributed by atoms with Crippen LogP contribution in [0.25, 0.3) is 16.5 Å². The minimum absolute atomic E-state index is 0.226. The average Bonchev–Trinajstić information content (AvgIpc) is 2.80. The Morgan fingerprint density at radius 1 is 0.867 bits per heavy atom. The molecule has 0 aliphatic carbocycles. The normalized spacial score (nSPS) is 10.9. The Hall–Kier alpha value is -3.73. The number of rotatable bonds is 5. The van der Waals surface area contributed by atoms with Gasteiger partial charge in [-0.3, -0.25) is 9.59 Å². The van der Waals surface area contributed by atoms with Gasteiger partial charge >= 0.3 is 0 Å². The Labute approximate surface area is 175 Å². The van der Waals surface area contributed by atoms with Crippen molar-refractivity contribution in [3.63, 3.8) is 0 Å². The van der Waals surface area contributed by atoms with Crippen LogP contribution in [-0.2, 0) is 13.0 Å². The summed E-state index contributed by atoms with van der Waals surface area (Å²) >= 11 is 0. The van der Waals surface area contributed by atoms with Crippen LogP contribution in [-0.4, -0.2) is 27.6 Å². The zero-order valence-corrected chi connectivity index (χ0v) is 17.1. The fraction of sp³-hybridized carbons (Fsp3) is 0.160. The fourth-order valence-corrected chi connectivity index (χ4v) is 3.50. The van der Waals surface area contributed by atoms with Crippen molar-refractivity contribution in [1.82, 2.24) is 14.7 Å². The molecule has 1 heterocycles. The van der Waals surface area contributed by atoms with Gasteiger partial charge in [0.1, 0.15) is 0 Å². The van der Waals surface area contributed by atoms with Crippen LogP contribution in [0.15, 0.2) is 83.7 Å². The first-order chi connectivity index (χ1) is 14.6. The lowest BCUT2D eigenvalue weighted by Crippen LogP contribution is -2.31. The molecule has 0 aliphatic heterocycles. The van der Waals surface area contributed by atoms with Crippen molar-refractivity contribution in [2.24, 2.45) is 0 Å². The molecule has 0 aliphatic rings. The summed E-state index contributed by atoms with van der Waals surface area (Å²) in [5, 5.41) is 5.51. The molecule has 30 heavy (non-hydrogen) atoms. The van der Waals surface area contributed by atoms with E-state index < -0.39 is 0 Å². The van der Waals surface area contributed by atoms with Crippen LogP contribution in [0.5, 0.6) is 0 Å². The van der Waals surface area contributed by atoms with E-state index in [9.17, 15) is 9.59 Å². The molecule has 0 bridgehead atoms. The number of hydrogen-bond donors (Lipinski definition) is 0. The molecule has 0 spiro atoms. The topological polar surface area (TPSA) is 55.2 Å². The summed E-state index contributed by atoms with van der Waals surface area (Å²) < 4.78 is 1.31. The molecular weight excluding hydrogens is 374 g/mol. The highest BCUT2D eigenvalue weighted by molar-refractivity contribution is 6.04. The Morgan fingerprint density at radius 3 is 2.13 bits per heavy atom. The highest BCUT2D eigenvalue weighted by Crippen LogP contribution is 2.18. The van der Waals surface area contributed by atoms with E-state index in [1.54, 1.807) is 42.3 Å². The van der Waals surface area contributed by atoms with E-state index in [1.807, 2.05) is 36.4 Å². The van der Waals surface area contributed by atoms with Crippen LogP contribution in [0.2, 0.25) is 0 Å². The maximum Gasteiger partial charge on any atom is 0.279 e. The smallest absolute Gasteiger partial charge is 0.279 e. The molecule has 4 rings (SSSR count). The van der Waals surface area contributed by atoms with Crippen LogP contribution < -0.4 is 5.56 Å². The Kier molecular flexibility index (Phi) is 5.44. The third kappa shape index (κ3) is 3.74. The summed E-state index contributed by atoms with van der Waals surface area (Å²) in [7, 11) is 1.75. The standard InChI is InChI=1S/C25H23N3O2/c1-3-18-13-15-19(16-14-18)17-27(2)25(30)23-21-11-7-8-12-22(21)24(29)28(26-23)20-9-5-4-6-10-20/h4-16H,3,17H2,1-2H3. The van der Waals surface area contributed by atoms with Crippen LogP contribution in [0.1, 0.15) is 28.5 Å². The van der Waals surface area contributed by atoms with Gasteiger partial charge in [0.25, 0.3) is 11.5 Å². The summed E-state index contributed by atoms with van der Waals surface area (Å²) in [4.78, 5) is 28.0. The van der Waals surface area contributed by atoms with Gasteiger partial charge < -0.3 is 4.90 Å². The first kappa shape index (κ1) is 19.6. The highest BCUT2D eigenvalue weighted by Gasteiger charge is 2.20. The van der Waals surface area contributed by atoms with E-state index in [0.29, 0.717) is 23.0 Å². The van der Waals surface area contributed by atoms with Crippen LogP contribution in [0.4, 0.5) is 0 Å². The van der Waals surface area contributed by atoms with E-state index in [-0.39, 0.29) is 17.2 Å². The number of carbonyl (C=O) groups is 1. The van der Waals surface area contributed by atoms with E-state index >= 15 is 0 Å². The van der Waals surface area contributed by atoms with Gasteiger partial charge in [-0.15, -0.1) is 0 Å². The number of hydrogen-bond acceptors (Lipinski definition) is 3. The monoisotopic (exact) mass is 397 g/mol. The van der Waals surface area contributed by atoms with E-state index in [2.05, 4.69) is 24.2 Å². The second kappa shape index (κ2) is 8.33. The molecule has 0 radical (unpaired) electrons. The minimum atomic E-state index is -0.244. The molecule has 1 amide bonds. The van der Waals surface area contributed by atoms with Crippen molar-refractivity contribution in [3.05, 3.63) is 106 Å². The number of benzene rings is 3. The third-order valence-electron chi connectivity index (χ3n) is 5.21. The summed E-state index contributed by atoms with van der Waals surface area (Å²) in [6, 6.07) is 24.5. The van der Waals surface area contributed by atoms with E-state index in [0.717, 1.165) is 12.0 Å². The minimum Gasteiger partial charge on any atom is -0.336 e. The molecule has 1 aromatic heterocycles. The first-order valence-corrected chi connectivity index (χ1v) is 9.99. The maximum absolute atomic E-state index is 13.3. The second-order valence-corrected chi connectivity index (χ2v) is 7.28. The molecule has 4 aromatic rings. The summed E-state index contributed by atoms with van der Waals surface area (Å²) in [5.41, 5.74) is 2.95. The molecule has 0 unspecified atom stereocenters. The molecule has 0 fully saturated rings. The van der Waals surface area contributed by atoms with E-state index in [4.69, 9.17) is 0 Å². The predicted octanol–water partition coefficient (Wildman–Crippen LogP) is 4.22. The first-order valence-electron chi connectivity index (χ1n) is 9.99. The number of aromatic nitrogens is 2. The second-order valence-electron chi connectivity index (χ2n) is 7.28. The van der Waals surface area contributed by atoms with Gasteiger partial charge in [0, 0.05) is 19.0 Å². The molecule has 0 saturated heterocycles. The summed E-state index contributed by atoms with van der Waals surface area (Å²) in [6.45, 7) is 2.58. The lowest BCUT2D eigenvalue weighted by atomic mass is 10.1. The van der Waals surface area contributed by atoms with Crippen molar-refractivity contribution >= 4 is 16.7 Å².